The number of hydrogen-bond donors (Lipinski definition) is 1. The molecule has 3 heteroatoms. The largest absolute Gasteiger partial charge is 0.392 e. The summed E-state index contributed by atoms with van der Waals surface area (Å²) >= 11 is 12.1. The van der Waals surface area contributed by atoms with Crippen molar-refractivity contribution in [1.82, 2.24) is 0 Å². The van der Waals surface area contributed by atoms with Gasteiger partial charge in [-0.2, -0.15) is 0 Å². The van der Waals surface area contributed by atoms with Crippen LogP contribution in [0.3, 0.4) is 0 Å². The van der Waals surface area contributed by atoms with Gasteiger partial charge in [0.15, 0.2) is 0 Å². The third-order valence-electron chi connectivity index (χ3n) is 4.22. The maximum atomic E-state index is 10.5. The van der Waals surface area contributed by atoms with Gasteiger partial charge in [-0.15, -0.1) is 0 Å². The van der Waals surface area contributed by atoms with Crippen molar-refractivity contribution in [3.05, 3.63) is 33.8 Å². The molecule has 1 aliphatic rings. The first-order valence-electron chi connectivity index (χ1n) is 6.63. The van der Waals surface area contributed by atoms with Gasteiger partial charge in [0.25, 0.3) is 0 Å². The van der Waals surface area contributed by atoms with Gasteiger partial charge >= 0.3 is 0 Å². The lowest BCUT2D eigenvalue weighted by Crippen LogP contribution is -2.35. The second kappa shape index (κ2) is 5.81. The number of benzene rings is 1. The Morgan fingerprint density at radius 2 is 1.89 bits per heavy atom. The van der Waals surface area contributed by atoms with Gasteiger partial charge in [-0.05, 0) is 42.0 Å². The Balaban J connectivity index is 2.10. The third-order valence-corrected chi connectivity index (χ3v) is 4.83. The summed E-state index contributed by atoms with van der Waals surface area (Å²) in [4.78, 5) is 0. The van der Waals surface area contributed by atoms with E-state index in [1.54, 1.807) is 12.1 Å². The SMILES string of the molecule is CC1(C(O)Cc2cc(Cl)ccc2Cl)CCCCC1. The first-order chi connectivity index (χ1) is 8.51. The Morgan fingerprint density at radius 1 is 1.22 bits per heavy atom. The van der Waals surface area contributed by atoms with Gasteiger partial charge in [-0.25, -0.2) is 0 Å². The summed E-state index contributed by atoms with van der Waals surface area (Å²) in [6, 6.07) is 5.44. The quantitative estimate of drug-likeness (QED) is 0.841. The zero-order valence-electron chi connectivity index (χ0n) is 10.8. The van der Waals surface area contributed by atoms with E-state index in [9.17, 15) is 5.11 Å². The summed E-state index contributed by atoms with van der Waals surface area (Å²) < 4.78 is 0. The van der Waals surface area contributed by atoms with Gasteiger partial charge in [0, 0.05) is 16.5 Å². The zero-order chi connectivity index (χ0) is 13.2. The standard InChI is InChI=1S/C15H20Cl2O/c1-15(7-3-2-4-8-15)14(18)10-11-9-12(16)5-6-13(11)17/h5-6,9,14,18H,2-4,7-8,10H2,1H3. The van der Waals surface area contributed by atoms with E-state index in [2.05, 4.69) is 6.92 Å². The van der Waals surface area contributed by atoms with E-state index >= 15 is 0 Å². The van der Waals surface area contributed by atoms with Crippen LogP contribution < -0.4 is 0 Å². The summed E-state index contributed by atoms with van der Waals surface area (Å²) in [6.45, 7) is 2.19. The zero-order valence-corrected chi connectivity index (χ0v) is 12.3. The molecule has 1 unspecified atom stereocenters. The minimum atomic E-state index is -0.339. The van der Waals surface area contributed by atoms with Crippen molar-refractivity contribution in [2.24, 2.45) is 5.41 Å². The normalized spacial score (nSPS) is 20.7. The highest BCUT2D eigenvalue weighted by molar-refractivity contribution is 6.33. The minimum Gasteiger partial charge on any atom is -0.392 e. The fourth-order valence-electron chi connectivity index (χ4n) is 2.85. The Bertz CT molecular complexity index is 411. The monoisotopic (exact) mass is 286 g/mol. The predicted octanol–water partition coefficient (Wildman–Crippen LogP) is 4.87. The van der Waals surface area contributed by atoms with Crippen LogP contribution in [0.1, 0.15) is 44.6 Å². The Hall–Kier alpha value is -0.240. The van der Waals surface area contributed by atoms with E-state index in [1.165, 1.54) is 19.3 Å². The lowest BCUT2D eigenvalue weighted by atomic mass is 9.70. The highest BCUT2D eigenvalue weighted by atomic mass is 35.5. The molecular weight excluding hydrogens is 267 g/mol. The fraction of sp³-hybridized carbons (Fsp3) is 0.600. The smallest absolute Gasteiger partial charge is 0.0634 e. The Morgan fingerprint density at radius 3 is 2.56 bits per heavy atom. The lowest BCUT2D eigenvalue weighted by Gasteiger charge is -2.38. The molecule has 1 atom stereocenters. The van der Waals surface area contributed by atoms with Crippen LogP contribution >= 0.6 is 23.2 Å². The Kier molecular flexibility index (Phi) is 4.58. The predicted molar refractivity (Wildman–Crippen MR) is 77.4 cm³/mol. The highest BCUT2D eigenvalue weighted by Gasteiger charge is 2.34. The molecular formula is C15H20Cl2O. The first kappa shape index (κ1) is 14.2. The summed E-state index contributed by atoms with van der Waals surface area (Å²) in [6.07, 6.45) is 6.19. The Labute approximate surface area is 119 Å². The highest BCUT2D eigenvalue weighted by Crippen LogP contribution is 2.40. The molecule has 0 aromatic heterocycles. The fourth-order valence-corrected chi connectivity index (χ4v) is 3.24. The maximum absolute atomic E-state index is 10.5. The van der Waals surface area contributed by atoms with Crippen molar-refractivity contribution >= 4 is 23.2 Å². The topological polar surface area (TPSA) is 20.2 Å². The minimum absolute atomic E-state index is 0.0316. The molecule has 0 radical (unpaired) electrons. The molecule has 1 fully saturated rings. The van der Waals surface area contributed by atoms with E-state index in [0.717, 1.165) is 18.4 Å². The maximum Gasteiger partial charge on any atom is 0.0634 e. The average Bonchev–Trinajstić information content (AvgIpc) is 2.35. The van der Waals surface area contributed by atoms with E-state index in [0.29, 0.717) is 16.5 Å². The van der Waals surface area contributed by atoms with Gasteiger partial charge < -0.3 is 5.11 Å². The molecule has 0 amide bonds. The van der Waals surface area contributed by atoms with E-state index in [-0.39, 0.29) is 11.5 Å². The molecule has 1 N–H and O–H groups in total. The van der Waals surface area contributed by atoms with E-state index < -0.39 is 0 Å². The lowest BCUT2D eigenvalue weighted by molar-refractivity contribution is 0.0104. The molecule has 0 heterocycles. The van der Waals surface area contributed by atoms with Crippen LogP contribution in [0.25, 0.3) is 0 Å². The number of hydrogen-bond acceptors (Lipinski definition) is 1. The van der Waals surface area contributed by atoms with Gasteiger partial charge in [0.2, 0.25) is 0 Å². The second-order valence-electron chi connectivity index (χ2n) is 5.67. The van der Waals surface area contributed by atoms with Crippen molar-refractivity contribution < 1.29 is 5.11 Å². The molecule has 2 rings (SSSR count). The van der Waals surface area contributed by atoms with Crippen molar-refractivity contribution in [3.8, 4) is 0 Å². The van der Waals surface area contributed by atoms with E-state index in [4.69, 9.17) is 23.2 Å². The van der Waals surface area contributed by atoms with Crippen molar-refractivity contribution in [3.63, 3.8) is 0 Å². The number of rotatable bonds is 3. The summed E-state index contributed by atoms with van der Waals surface area (Å²) in [5, 5.41) is 11.9. The molecule has 1 aromatic rings. The second-order valence-corrected chi connectivity index (χ2v) is 6.51. The van der Waals surface area contributed by atoms with Crippen LogP contribution in [-0.2, 0) is 6.42 Å². The molecule has 0 spiro atoms. The van der Waals surface area contributed by atoms with Crippen LogP contribution in [0, 0.1) is 5.41 Å². The van der Waals surface area contributed by atoms with Gasteiger partial charge in [-0.3, -0.25) is 0 Å². The van der Waals surface area contributed by atoms with Crippen LogP contribution in [0.15, 0.2) is 18.2 Å². The average molecular weight is 287 g/mol. The summed E-state index contributed by atoms with van der Waals surface area (Å²) in [5.41, 5.74) is 0.979. The number of halogens is 2. The number of aliphatic hydroxyl groups is 1. The third kappa shape index (κ3) is 3.20. The van der Waals surface area contributed by atoms with Crippen molar-refractivity contribution in [1.29, 1.82) is 0 Å². The number of aliphatic hydroxyl groups excluding tert-OH is 1. The molecule has 18 heavy (non-hydrogen) atoms. The van der Waals surface area contributed by atoms with Gasteiger partial charge in [-0.1, -0.05) is 49.4 Å². The molecule has 0 aliphatic heterocycles. The molecule has 0 bridgehead atoms. The van der Waals surface area contributed by atoms with Crippen molar-refractivity contribution in [2.75, 3.05) is 0 Å². The summed E-state index contributed by atoms with van der Waals surface area (Å²) in [7, 11) is 0. The summed E-state index contributed by atoms with van der Waals surface area (Å²) in [5.74, 6) is 0. The molecule has 1 aromatic carbocycles. The van der Waals surface area contributed by atoms with Crippen LogP contribution in [0.2, 0.25) is 10.0 Å². The first-order valence-corrected chi connectivity index (χ1v) is 7.39. The molecule has 1 aliphatic carbocycles. The van der Waals surface area contributed by atoms with Gasteiger partial charge in [0.1, 0.15) is 0 Å². The van der Waals surface area contributed by atoms with Crippen molar-refractivity contribution in [2.45, 2.75) is 51.6 Å². The van der Waals surface area contributed by atoms with Crippen LogP contribution in [0.4, 0.5) is 0 Å². The molecule has 1 saturated carbocycles. The van der Waals surface area contributed by atoms with Gasteiger partial charge in [0.05, 0.1) is 6.10 Å². The van der Waals surface area contributed by atoms with E-state index in [1.807, 2.05) is 6.07 Å². The van der Waals surface area contributed by atoms with Crippen LogP contribution in [-0.4, -0.2) is 11.2 Å². The van der Waals surface area contributed by atoms with Crippen LogP contribution in [0.5, 0.6) is 0 Å². The molecule has 100 valence electrons. The molecule has 0 saturated heterocycles. The molecule has 1 nitrogen and oxygen atoms in total.